The molecular formula is C26H31ClN6O3S. The van der Waals surface area contributed by atoms with Crippen molar-refractivity contribution >= 4 is 39.1 Å². The van der Waals surface area contributed by atoms with Gasteiger partial charge in [0, 0.05) is 42.8 Å². The number of anilines is 2. The Kier molecular flexibility index (Phi) is 9.87. The summed E-state index contributed by atoms with van der Waals surface area (Å²) in [5, 5.41) is 9.79. The minimum atomic E-state index is -3.26. The number of carbonyl (C=O) groups is 1. The average molecular weight is 543 g/mol. The van der Waals surface area contributed by atoms with Gasteiger partial charge in [-0.1, -0.05) is 36.7 Å². The zero-order valence-electron chi connectivity index (χ0n) is 21.0. The van der Waals surface area contributed by atoms with Crippen molar-refractivity contribution in [2.45, 2.75) is 31.7 Å². The Morgan fingerprint density at radius 1 is 1.08 bits per heavy atom. The van der Waals surface area contributed by atoms with Crippen LogP contribution in [0, 0.1) is 0 Å². The van der Waals surface area contributed by atoms with E-state index in [0.29, 0.717) is 29.2 Å². The molecule has 196 valence electrons. The van der Waals surface area contributed by atoms with Crippen molar-refractivity contribution in [3.8, 4) is 5.82 Å². The smallest absolute Gasteiger partial charge is 0.239 e. The second-order valence-electron chi connectivity index (χ2n) is 8.34. The van der Waals surface area contributed by atoms with Crippen LogP contribution in [0.4, 0.5) is 11.8 Å². The fourth-order valence-corrected chi connectivity index (χ4v) is 4.16. The highest BCUT2D eigenvalue weighted by Crippen LogP contribution is 2.16. The number of rotatable bonds is 12. The normalized spacial score (nSPS) is 12.3. The van der Waals surface area contributed by atoms with E-state index in [1.165, 1.54) is 12.1 Å². The predicted molar refractivity (Wildman–Crippen MR) is 148 cm³/mol. The Labute approximate surface area is 222 Å². The molecule has 9 nitrogen and oxygen atoms in total. The predicted octanol–water partition coefficient (Wildman–Crippen LogP) is 4.29. The molecule has 37 heavy (non-hydrogen) atoms. The molecule has 2 aromatic heterocycles. The minimum absolute atomic E-state index is 0.00182. The molecule has 0 spiro atoms. The minimum Gasteiger partial charge on any atom is -0.361 e. The van der Waals surface area contributed by atoms with Crippen molar-refractivity contribution in [2.24, 2.45) is 0 Å². The Balaban J connectivity index is 1.65. The van der Waals surface area contributed by atoms with E-state index in [2.05, 4.69) is 38.9 Å². The monoisotopic (exact) mass is 542 g/mol. The molecular weight excluding hydrogens is 512 g/mol. The standard InChI is InChI=1S/C26H31ClN6O3S/c1-4-7-21(14-19(2)27)17-30-26-31-23(15-24(32-26)33-12-5-6-13-33)28-18-25(34)29-16-20-8-10-22(11-9-20)37(3,35)36/h5-15H,4,16-18H2,1-3H3,(H,29,34)(H2,28,30,31,32)/b19-14+,21-7+. The van der Waals surface area contributed by atoms with E-state index in [1.54, 1.807) is 18.2 Å². The summed E-state index contributed by atoms with van der Waals surface area (Å²) >= 11 is 6.05. The molecule has 0 atom stereocenters. The van der Waals surface area contributed by atoms with Gasteiger partial charge in [-0.25, -0.2) is 8.42 Å². The van der Waals surface area contributed by atoms with Crippen molar-refractivity contribution in [1.29, 1.82) is 0 Å². The maximum atomic E-state index is 12.4. The van der Waals surface area contributed by atoms with E-state index < -0.39 is 9.84 Å². The molecule has 0 saturated heterocycles. The first-order chi connectivity index (χ1) is 17.6. The molecule has 0 aliphatic carbocycles. The average Bonchev–Trinajstić information content (AvgIpc) is 3.39. The van der Waals surface area contributed by atoms with Gasteiger partial charge < -0.3 is 20.5 Å². The number of carbonyl (C=O) groups excluding carboxylic acids is 1. The maximum Gasteiger partial charge on any atom is 0.239 e. The lowest BCUT2D eigenvalue weighted by atomic mass is 10.2. The van der Waals surface area contributed by atoms with E-state index >= 15 is 0 Å². The molecule has 3 aromatic rings. The van der Waals surface area contributed by atoms with Crippen molar-refractivity contribution in [3.05, 3.63) is 83.2 Å². The number of halogens is 1. The first-order valence-electron chi connectivity index (χ1n) is 11.7. The molecule has 0 fully saturated rings. The second kappa shape index (κ2) is 13.1. The number of nitrogens with one attached hydrogen (secondary N) is 3. The largest absolute Gasteiger partial charge is 0.361 e. The molecule has 3 N–H and O–H groups in total. The first-order valence-corrected chi connectivity index (χ1v) is 14.0. The number of benzene rings is 1. The summed E-state index contributed by atoms with van der Waals surface area (Å²) in [7, 11) is -3.26. The quantitative estimate of drug-likeness (QED) is 0.292. The van der Waals surface area contributed by atoms with Gasteiger partial charge in [0.05, 0.1) is 11.4 Å². The fraction of sp³-hybridized carbons (Fsp3) is 0.269. The highest BCUT2D eigenvalue weighted by atomic mass is 35.5. The van der Waals surface area contributed by atoms with Crippen LogP contribution >= 0.6 is 11.6 Å². The van der Waals surface area contributed by atoms with E-state index in [1.807, 2.05) is 42.1 Å². The number of amides is 1. The molecule has 0 saturated carbocycles. The molecule has 11 heteroatoms. The summed E-state index contributed by atoms with van der Waals surface area (Å²) in [6, 6.07) is 12.0. The zero-order valence-corrected chi connectivity index (χ0v) is 22.6. The third kappa shape index (κ3) is 9.07. The number of aromatic nitrogens is 3. The molecule has 0 aliphatic heterocycles. The van der Waals surface area contributed by atoms with Crippen LogP contribution < -0.4 is 16.0 Å². The van der Waals surface area contributed by atoms with E-state index in [-0.39, 0.29) is 23.9 Å². The lowest BCUT2D eigenvalue weighted by Crippen LogP contribution is -2.29. The number of allylic oxidation sites excluding steroid dienone is 2. The third-order valence-electron chi connectivity index (χ3n) is 5.15. The summed E-state index contributed by atoms with van der Waals surface area (Å²) in [6.07, 6.45) is 9.74. The van der Waals surface area contributed by atoms with Crippen molar-refractivity contribution < 1.29 is 13.2 Å². The summed E-state index contributed by atoms with van der Waals surface area (Å²) in [5.74, 6) is 1.29. The topological polar surface area (TPSA) is 118 Å². The van der Waals surface area contributed by atoms with Gasteiger partial charge >= 0.3 is 0 Å². The van der Waals surface area contributed by atoms with Crippen LogP contribution in [-0.2, 0) is 21.2 Å². The lowest BCUT2D eigenvalue weighted by molar-refractivity contribution is -0.119. The van der Waals surface area contributed by atoms with Crippen LogP contribution in [0.1, 0.15) is 25.8 Å². The van der Waals surface area contributed by atoms with Crippen LogP contribution in [0.25, 0.3) is 5.82 Å². The Bertz CT molecular complexity index is 1360. The van der Waals surface area contributed by atoms with E-state index in [0.717, 1.165) is 23.8 Å². The number of hydrogen-bond donors (Lipinski definition) is 3. The third-order valence-corrected chi connectivity index (χ3v) is 6.39. The van der Waals surface area contributed by atoms with Gasteiger partial charge in [0.1, 0.15) is 11.6 Å². The number of nitrogens with zero attached hydrogens (tertiary/aromatic N) is 3. The van der Waals surface area contributed by atoms with E-state index in [9.17, 15) is 13.2 Å². The number of sulfone groups is 1. The molecule has 2 heterocycles. The van der Waals surface area contributed by atoms with Gasteiger partial charge in [-0.15, -0.1) is 0 Å². The Hall–Kier alpha value is -3.63. The van der Waals surface area contributed by atoms with Crippen molar-refractivity contribution in [1.82, 2.24) is 19.9 Å². The van der Waals surface area contributed by atoms with Crippen LogP contribution in [0.5, 0.6) is 0 Å². The van der Waals surface area contributed by atoms with Crippen molar-refractivity contribution in [3.63, 3.8) is 0 Å². The molecule has 1 amide bonds. The van der Waals surface area contributed by atoms with Crippen molar-refractivity contribution in [2.75, 3.05) is 30.0 Å². The highest BCUT2D eigenvalue weighted by molar-refractivity contribution is 7.90. The van der Waals surface area contributed by atoms with Crippen LogP contribution in [0.2, 0.25) is 0 Å². The van der Waals surface area contributed by atoms with Gasteiger partial charge in [-0.2, -0.15) is 9.97 Å². The van der Waals surface area contributed by atoms with Gasteiger partial charge in [0.15, 0.2) is 9.84 Å². The van der Waals surface area contributed by atoms with Gasteiger partial charge in [0.25, 0.3) is 0 Å². The summed E-state index contributed by atoms with van der Waals surface area (Å²) in [4.78, 5) is 21.8. The second-order valence-corrected chi connectivity index (χ2v) is 11.0. The van der Waals surface area contributed by atoms with Gasteiger partial charge in [-0.05, 0) is 54.8 Å². The molecule has 0 aliphatic rings. The first kappa shape index (κ1) is 27.9. The van der Waals surface area contributed by atoms with Crippen LogP contribution in [0.15, 0.2) is 82.5 Å². The van der Waals surface area contributed by atoms with Gasteiger partial charge in [0.2, 0.25) is 11.9 Å². The molecule has 3 rings (SSSR count). The molecule has 0 bridgehead atoms. The van der Waals surface area contributed by atoms with Crippen LogP contribution in [0.3, 0.4) is 0 Å². The molecule has 1 aromatic carbocycles. The zero-order chi connectivity index (χ0) is 26.8. The summed E-state index contributed by atoms with van der Waals surface area (Å²) < 4.78 is 25.0. The molecule has 0 radical (unpaired) electrons. The Morgan fingerprint density at radius 2 is 1.78 bits per heavy atom. The van der Waals surface area contributed by atoms with Gasteiger partial charge in [-0.3, -0.25) is 4.79 Å². The van der Waals surface area contributed by atoms with E-state index in [4.69, 9.17) is 11.6 Å². The Morgan fingerprint density at radius 3 is 2.41 bits per heavy atom. The highest BCUT2D eigenvalue weighted by Gasteiger charge is 2.10. The number of hydrogen-bond acceptors (Lipinski definition) is 7. The summed E-state index contributed by atoms with van der Waals surface area (Å²) in [5.41, 5.74) is 1.81. The fourth-order valence-electron chi connectivity index (χ4n) is 3.39. The lowest BCUT2D eigenvalue weighted by Gasteiger charge is -2.13. The maximum absolute atomic E-state index is 12.4. The molecule has 0 unspecified atom stereocenters. The SMILES string of the molecule is CC/C=C(\C=C(/C)Cl)CNc1nc(NCC(=O)NCc2ccc(S(C)(=O)=O)cc2)cc(-n2cccc2)n1. The van der Waals surface area contributed by atoms with Crippen LogP contribution in [-0.4, -0.2) is 48.2 Å². The summed E-state index contributed by atoms with van der Waals surface area (Å²) in [6.45, 7) is 4.64.